The van der Waals surface area contributed by atoms with Gasteiger partial charge in [0, 0.05) is 12.6 Å². The van der Waals surface area contributed by atoms with Crippen molar-refractivity contribution in [3.63, 3.8) is 0 Å². The summed E-state index contributed by atoms with van der Waals surface area (Å²) in [5, 5.41) is 13.2. The van der Waals surface area contributed by atoms with Crippen LogP contribution in [-0.4, -0.2) is 40.6 Å². The number of carbonyl (C=O) groups excluding carboxylic acids is 1. The highest BCUT2D eigenvalue weighted by Crippen LogP contribution is 2.26. The van der Waals surface area contributed by atoms with Crippen molar-refractivity contribution in [2.45, 2.75) is 51.3 Å². The molecule has 1 unspecified atom stereocenters. The molecule has 0 aliphatic heterocycles. The number of rotatable bonds is 7. The Hall–Kier alpha value is -1.39. The highest BCUT2D eigenvalue weighted by atomic mass is 16.3. The third-order valence-corrected chi connectivity index (χ3v) is 3.65. The summed E-state index contributed by atoms with van der Waals surface area (Å²) in [4.78, 5) is 14.7. The van der Waals surface area contributed by atoms with Crippen molar-refractivity contribution in [2.75, 3.05) is 13.1 Å². The number of benzene rings is 1. The molecule has 1 atom stereocenters. The highest BCUT2D eigenvalue weighted by Gasteiger charge is 2.33. The molecule has 1 aromatic rings. The summed E-state index contributed by atoms with van der Waals surface area (Å²) in [5.41, 5.74) is 0.143. The van der Waals surface area contributed by atoms with Crippen LogP contribution >= 0.6 is 0 Å². The summed E-state index contributed by atoms with van der Waals surface area (Å²) >= 11 is 0. The van der Waals surface area contributed by atoms with Crippen LogP contribution in [0, 0.1) is 0 Å². The van der Waals surface area contributed by atoms with Crippen molar-refractivity contribution < 1.29 is 9.90 Å². The number of hydrogen-bond acceptors (Lipinski definition) is 3. The second kappa shape index (κ2) is 6.58. The molecule has 4 nitrogen and oxygen atoms in total. The molecule has 1 aliphatic carbocycles. The Balaban J connectivity index is 2.22. The second-order valence-electron chi connectivity index (χ2n) is 6.47. The van der Waals surface area contributed by atoms with Crippen LogP contribution in [0.2, 0.25) is 0 Å². The Kier molecular flexibility index (Phi) is 5.01. The van der Waals surface area contributed by atoms with Crippen LogP contribution in [0.25, 0.3) is 0 Å². The van der Waals surface area contributed by atoms with E-state index in [0.717, 1.165) is 18.4 Å². The third kappa shape index (κ3) is 4.83. The van der Waals surface area contributed by atoms with E-state index in [1.807, 2.05) is 42.2 Å². The fourth-order valence-corrected chi connectivity index (χ4v) is 2.55. The SMILES string of the molecule is CCN(CC(C)(C)O)C(C(=O)NC1CC1)c1ccccc1. The van der Waals surface area contributed by atoms with Crippen LogP contribution in [0.1, 0.15) is 45.2 Å². The first-order chi connectivity index (χ1) is 9.90. The quantitative estimate of drug-likeness (QED) is 0.808. The highest BCUT2D eigenvalue weighted by molar-refractivity contribution is 5.83. The lowest BCUT2D eigenvalue weighted by atomic mass is 10.0. The van der Waals surface area contributed by atoms with Crippen molar-refractivity contribution in [2.24, 2.45) is 0 Å². The van der Waals surface area contributed by atoms with E-state index in [1.54, 1.807) is 13.8 Å². The second-order valence-corrected chi connectivity index (χ2v) is 6.47. The van der Waals surface area contributed by atoms with Gasteiger partial charge < -0.3 is 10.4 Å². The predicted octanol–water partition coefficient (Wildman–Crippen LogP) is 2.10. The molecule has 1 aromatic carbocycles. The smallest absolute Gasteiger partial charge is 0.242 e. The zero-order valence-corrected chi connectivity index (χ0v) is 13.2. The molecule has 0 saturated heterocycles. The predicted molar refractivity (Wildman–Crippen MR) is 83.9 cm³/mol. The van der Waals surface area contributed by atoms with Crippen LogP contribution < -0.4 is 5.32 Å². The van der Waals surface area contributed by atoms with Gasteiger partial charge in [0.1, 0.15) is 6.04 Å². The zero-order chi connectivity index (χ0) is 15.5. The lowest BCUT2D eigenvalue weighted by molar-refractivity contribution is -0.128. The molecule has 1 aliphatic rings. The van der Waals surface area contributed by atoms with Crippen LogP contribution in [0.15, 0.2) is 30.3 Å². The molecule has 0 spiro atoms. The molecule has 1 saturated carbocycles. The maximum Gasteiger partial charge on any atom is 0.242 e. The van der Waals surface area contributed by atoms with E-state index in [2.05, 4.69) is 5.32 Å². The average molecular weight is 290 g/mol. The van der Waals surface area contributed by atoms with Crippen molar-refractivity contribution >= 4 is 5.91 Å². The molecule has 1 amide bonds. The van der Waals surface area contributed by atoms with Crippen molar-refractivity contribution in [1.82, 2.24) is 10.2 Å². The monoisotopic (exact) mass is 290 g/mol. The van der Waals surface area contributed by atoms with Gasteiger partial charge in [0.2, 0.25) is 5.91 Å². The van der Waals surface area contributed by atoms with E-state index in [9.17, 15) is 9.90 Å². The van der Waals surface area contributed by atoms with Crippen LogP contribution in [0.3, 0.4) is 0 Å². The summed E-state index contributed by atoms with van der Waals surface area (Å²) < 4.78 is 0. The minimum absolute atomic E-state index is 0.0369. The number of nitrogens with zero attached hydrogens (tertiary/aromatic N) is 1. The van der Waals surface area contributed by atoms with E-state index in [1.165, 1.54) is 0 Å². The lowest BCUT2D eigenvalue weighted by Crippen LogP contribution is -2.46. The maximum absolute atomic E-state index is 12.6. The van der Waals surface area contributed by atoms with Gasteiger partial charge >= 0.3 is 0 Å². The standard InChI is InChI=1S/C17H26N2O2/c1-4-19(12-17(2,3)21)15(13-8-6-5-7-9-13)16(20)18-14-10-11-14/h5-9,14-15,21H,4,10-12H2,1-3H3,(H,18,20). The summed E-state index contributed by atoms with van der Waals surface area (Å²) in [5.74, 6) is 0.0369. The molecular formula is C17H26N2O2. The number of nitrogens with one attached hydrogen (secondary N) is 1. The molecular weight excluding hydrogens is 264 g/mol. The maximum atomic E-state index is 12.6. The number of aliphatic hydroxyl groups is 1. The Morgan fingerprint density at radius 2 is 2.00 bits per heavy atom. The van der Waals surface area contributed by atoms with Crippen LogP contribution in [0.4, 0.5) is 0 Å². The van der Waals surface area contributed by atoms with Crippen molar-refractivity contribution in [3.05, 3.63) is 35.9 Å². The summed E-state index contributed by atoms with van der Waals surface area (Å²) in [6.45, 7) is 6.74. The Morgan fingerprint density at radius 3 is 2.48 bits per heavy atom. The average Bonchev–Trinajstić information content (AvgIpc) is 3.21. The minimum atomic E-state index is -0.830. The Bertz CT molecular complexity index is 463. The Labute approximate surface area is 127 Å². The zero-order valence-electron chi connectivity index (χ0n) is 13.2. The summed E-state index contributed by atoms with van der Waals surface area (Å²) in [6, 6.07) is 9.79. The molecule has 1 fully saturated rings. The molecule has 21 heavy (non-hydrogen) atoms. The molecule has 116 valence electrons. The molecule has 0 aromatic heterocycles. The summed E-state index contributed by atoms with van der Waals surface area (Å²) in [6.07, 6.45) is 2.15. The summed E-state index contributed by atoms with van der Waals surface area (Å²) in [7, 11) is 0. The van der Waals surface area contributed by atoms with Gasteiger partial charge in [-0.25, -0.2) is 0 Å². The van der Waals surface area contributed by atoms with Gasteiger partial charge in [-0.15, -0.1) is 0 Å². The van der Waals surface area contributed by atoms with E-state index in [0.29, 0.717) is 19.1 Å². The van der Waals surface area contributed by atoms with Gasteiger partial charge in [0.25, 0.3) is 0 Å². The van der Waals surface area contributed by atoms with E-state index in [4.69, 9.17) is 0 Å². The van der Waals surface area contributed by atoms with E-state index >= 15 is 0 Å². The molecule has 0 heterocycles. The minimum Gasteiger partial charge on any atom is -0.389 e. The fourth-order valence-electron chi connectivity index (χ4n) is 2.55. The lowest BCUT2D eigenvalue weighted by Gasteiger charge is -2.34. The van der Waals surface area contributed by atoms with Crippen molar-refractivity contribution in [3.8, 4) is 0 Å². The third-order valence-electron chi connectivity index (χ3n) is 3.65. The number of likely N-dealkylation sites (N-methyl/N-ethyl adjacent to an activating group) is 1. The molecule has 4 heteroatoms. The molecule has 0 radical (unpaired) electrons. The van der Waals surface area contributed by atoms with Crippen molar-refractivity contribution in [1.29, 1.82) is 0 Å². The molecule has 0 bridgehead atoms. The van der Waals surface area contributed by atoms with Gasteiger partial charge in [-0.05, 0) is 38.8 Å². The van der Waals surface area contributed by atoms with Gasteiger partial charge in [0.05, 0.1) is 5.60 Å². The first-order valence-electron chi connectivity index (χ1n) is 7.72. The molecule has 2 rings (SSSR count). The van der Waals surface area contributed by atoms with Crippen LogP contribution in [-0.2, 0) is 4.79 Å². The number of carbonyl (C=O) groups is 1. The topological polar surface area (TPSA) is 52.6 Å². The fraction of sp³-hybridized carbons (Fsp3) is 0.588. The largest absolute Gasteiger partial charge is 0.389 e. The van der Waals surface area contributed by atoms with Gasteiger partial charge in [-0.1, -0.05) is 37.3 Å². The van der Waals surface area contributed by atoms with Gasteiger partial charge in [-0.2, -0.15) is 0 Å². The normalized spacial score (nSPS) is 16.8. The van der Waals surface area contributed by atoms with E-state index in [-0.39, 0.29) is 11.9 Å². The number of hydrogen-bond donors (Lipinski definition) is 2. The Morgan fingerprint density at radius 1 is 1.38 bits per heavy atom. The number of amides is 1. The first-order valence-corrected chi connectivity index (χ1v) is 7.72. The van der Waals surface area contributed by atoms with Gasteiger partial charge in [-0.3, -0.25) is 9.69 Å². The first kappa shape index (κ1) is 16.0. The molecule has 2 N–H and O–H groups in total. The van der Waals surface area contributed by atoms with E-state index < -0.39 is 5.60 Å². The van der Waals surface area contributed by atoms with Crippen LogP contribution in [0.5, 0.6) is 0 Å². The van der Waals surface area contributed by atoms with Gasteiger partial charge in [0.15, 0.2) is 0 Å².